The monoisotopic (exact) mass is 425 g/mol. The lowest BCUT2D eigenvalue weighted by atomic mass is 9.89. The van der Waals surface area contributed by atoms with Gasteiger partial charge >= 0.3 is 0 Å². The average Bonchev–Trinajstić information content (AvgIpc) is 3.23. The molecule has 2 aliphatic rings. The first-order valence-electron chi connectivity index (χ1n) is 9.45. The fourth-order valence-corrected chi connectivity index (χ4v) is 3.84. The van der Waals surface area contributed by atoms with E-state index in [0.717, 1.165) is 11.1 Å². The second kappa shape index (κ2) is 7.54. The summed E-state index contributed by atoms with van der Waals surface area (Å²) in [5.41, 5.74) is 1.71. The quantitative estimate of drug-likeness (QED) is 0.554. The summed E-state index contributed by atoms with van der Waals surface area (Å²) in [6.07, 6.45) is -0.703. The first-order valence-corrected chi connectivity index (χ1v) is 9.83. The molecule has 5 nitrogen and oxygen atoms in total. The van der Waals surface area contributed by atoms with Gasteiger partial charge in [0.05, 0.1) is 0 Å². The largest absolute Gasteiger partial charge is 0.478 e. The number of carbonyl (C=O) groups excluding carboxylic acids is 1. The van der Waals surface area contributed by atoms with Gasteiger partial charge in [-0.05, 0) is 59.7 Å². The minimum atomic E-state index is -0.703. The lowest BCUT2D eigenvalue weighted by molar-refractivity contribution is -0.165. The third kappa shape index (κ3) is 3.44. The van der Waals surface area contributed by atoms with Gasteiger partial charge in [-0.15, -0.1) is 0 Å². The van der Waals surface area contributed by atoms with E-state index in [2.05, 4.69) is 0 Å². The summed E-state index contributed by atoms with van der Waals surface area (Å²) in [5.74, 6) is 1.42. The molecule has 0 aromatic heterocycles. The van der Waals surface area contributed by atoms with Crippen LogP contribution in [0.1, 0.15) is 17.2 Å². The van der Waals surface area contributed by atoms with Crippen molar-refractivity contribution in [3.8, 4) is 17.2 Å². The van der Waals surface area contributed by atoms with Crippen LogP contribution in [0.3, 0.4) is 0 Å². The summed E-state index contributed by atoms with van der Waals surface area (Å²) >= 11 is 5.93. The second-order valence-electron chi connectivity index (χ2n) is 7.14. The van der Waals surface area contributed by atoms with E-state index in [0.29, 0.717) is 28.8 Å². The smallest absolute Gasteiger partial charge is 0.267 e. The van der Waals surface area contributed by atoms with Gasteiger partial charge in [-0.3, -0.25) is 4.79 Å². The summed E-state index contributed by atoms with van der Waals surface area (Å²) in [7, 11) is 0. The van der Waals surface area contributed by atoms with Crippen LogP contribution in [0.2, 0.25) is 5.02 Å². The van der Waals surface area contributed by atoms with Crippen LogP contribution in [0.5, 0.6) is 17.2 Å². The maximum Gasteiger partial charge on any atom is 0.267 e. The summed E-state index contributed by atoms with van der Waals surface area (Å²) in [5, 5.41) is 0.585. The summed E-state index contributed by atoms with van der Waals surface area (Å²) in [4.78, 5) is 14.7. The Bertz CT molecular complexity index is 1090. The fraction of sp³-hybridized carbons (Fsp3) is 0.174. The Hall–Kier alpha value is -3.25. The molecule has 2 aliphatic heterocycles. The van der Waals surface area contributed by atoms with Crippen molar-refractivity contribution in [2.24, 2.45) is 0 Å². The minimum absolute atomic E-state index is 0.142. The zero-order valence-electron chi connectivity index (χ0n) is 15.8. The maximum absolute atomic E-state index is 13.5. The topological polar surface area (TPSA) is 48.0 Å². The molecule has 2 heterocycles. The highest BCUT2D eigenvalue weighted by molar-refractivity contribution is 6.30. The number of fused-ring (bicyclic) bond motifs is 1. The van der Waals surface area contributed by atoms with Crippen molar-refractivity contribution in [2.45, 2.75) is 18.7 Å². The molecule has 1 amide bonds. The average molecular weight is 426 g/mol. The fourth-order valence-electron chi connectivity index (χ4n) is 3.72. The van der Waals surface area contributed by atoms with Crippen molar-refractivity contribution in [1.29, 1.82) is 0 Å². The molecule has 0 unspecified atom stereocenters. The zero-order valence-corrected chi connectivity index (χ0v) is 16.5. The lowest BCUT2D eigenvalue weighted by Crippen LogP contribution is -2.60. The van der Waals surface area contributed by atoms with Crippen molar-refractivity contribution < 1.29 is 23.4 Å². The Morgan fingerprint density at radius 1 is 1.00 bits per heavy atom. The van der Waals surface area contributed by atoms with E-state index >= 15 is 0 Å². The van der Waals surface area contributed by atoms with Crippen molar-refractivity contribution in [1.82, 2.24) is 4.90 Å². The predicted octanol–water partition coefficient (Wildman–Crippen LogP) is 4.74. The third-order valence-electron chi connectivity index (χ3n) is 5.23. The number of ether oxygens (including phenoxy) is 3. The van der Waals surface area contributed by atoms with Crippen LogP contribution in [-0.2, 0) is 11.3 Å². The van der Waals surface area contributed by atoms with Crippen LogP contribution in [0.15, 0.2) is 66.7 Å². The van der Waals surface area contributed by atoms with E-state index < -0.39 is 6.10 Å². The van der Waals surface area contributed by atoms with Gasteiger partial charge in [0.1, 0.15) is 17.6 Å². The van der Waals surface area contributed by atoms with Crippen LogP contribution in [0.25, 0.3) is 0 Å². The number of carbonyl (C=O) groups is 1. The van der Waals surface area contributed by atoms with E-state index in [4.69, 9.17) is 25.8 Å². The van der Waals surface area contributed by atoms with E-state index in [1.165, 1.54) is 12.1 Å². The van der Waals surface area contributed by atoms with Gasteiger partial charge in [-0.2, -0.15) is 0 Å². The minimum Gasteiger partial charge on any atom is -0.478 e. The SMILES string of the molecule is O=C1[C@H](Oc2ccc(Cl)cc2)[C@H](c2ccc(F)cc2)N1Cc1ccc2c(c1)OCO2. The molecule has 0 spiro atoms. The number of hydrogen-bond donors (Lipinski definition) is 0. The highest BCUT2D eigenvalue weighted by Crippen LogP contribution is 2.40. The molecule has 0 aliphatic carbocycles. The zero-order chi connectivity index (χ0) is 20.7. The first kappa shape index (κ1) is 18.8. The molecule has 0 radical (unpaired) electrons. The number of nitrogens with zero attached hydrogens (tertiary/aromatic N) is 1. The Morgan fingerprint density at radius 2 is 1.73 bits per heavy atom. The Balaban J connectivity index is 1.41. The molecule has 5 rings (SSSR count). The number of rotatable bonds is 5. The molecule has 1 saturated heterocycles. The molecule has 0 N–H and O–H groups in total. The molecule has 0 bridgehead atoms. The van der Waals surface area contributed by atoms with Gasteiger partial charge < -0.3 is 19.1 Å². The van der Waals surface area contributed by atoms with Crippen molar-refractivity contribution >= 4 is 17.5 Å². The van der Waals surface area contributed by atoms with E-state index in [-0.39, 0.29) is 24.6 Å². The van der Waals surface area contributed by atoms with Crippen LogP contribution in [0.4, 0.5) is 4.39 Å². The van der Waals surface area contributed by atoms with Gasteiger partial charge in [-0.1, -0.05) is 29.8 Å². The number of likely N-dealkylation sites (tertiary alicyclic amines) is 1. The number of amides is 1. The van der Waals surface area contributed by atoms with Crippen molar-refractivity contribution in [3.63, 3.8) is 0 Å². The number of halogens is 2. The Kier molecular flexibility index (Phi) is 4.71. The van der Waals surface area contributed by atoms with Gasteiger partial charge in [0.25, 0.3) is 5.91 Å². The van der Waals surface area contributed by atoms with Crippen LogP contribution < -0.4 is 14.2 Å². The van der Waals surface area contributed by atoms with E-state index in [9.17, 15) is 9.18 Å². The highest BCUT2D eigenvalue weighted by atomic mass is 35.5. The molecule has 7 heteroatoms. The molecule has 3 aromatic rings. The molecule has 30 heavy (non-hydrogen) atoms. The highest BCUT2D eigenvalue weighted by Gasteiger charge is 2.50. The molecule has 3 aromatic carbocycles. The summed E-state index contributed by atoms with van der Waals surface area (Å²) in [6.45, 7) is 0.564. The maximum atomic E-state index is 13.5. The lowest BCUT2D eigenvalue weighted by Gasteiger charge is -2.46. The van der Waals surface area contributed by atoms with Crippen LogP contribution in [0, 0.1) is 5.82 Å². The number of hydrogen-bond acceptors (Lipinski definition) is 4. The standard InChI is InChI=1S/C23H17ClFNO4/c24-16-4-8-18(9-5-16)30-22-21(15-2-6-17(25)7-3-15)26(23(22)27)12-14-1-10-19-20(11-14)29-13-28-19/h1-11,21-22H,12-13H2/t21-,22+/m0/s1. The van der Waals surface area contributed by atoms with Gasteiger partial charge in [0.2, 0.25) is 12.9 Å². The number of β-lactam (4-membered cyclic amide) rings is 1. The van der Waals surface area contributed by atoms with E-state index in [1.807, 2.05) is 18.2 Å². The van der Waals surface area contributed by atoms with Crippen LogP contribution >= 0.6 is 11.6 Å². The number of benzene rings is 3. The van der Waals surface area contributed by atoms with Crippen molar-refractivity contribution in [2.75, 3.05) is 6.79 Å². The summed E-state index contributed by atoms with van der Waals surface area (Å²) in [6, 6.07) is 18.2. The van der Waals surface area contributed by atoms with Gasteiger partial charge in [0.15, 0.2) is 11.5 Å². The van der Waals surface area contributed by atoms with Gasteiger partial charge in [0, 0.05) is 11.6 Å². The molecular weight excluding hydrogens is 409 g/mol. The third-order valence-corrected chi connectivity index (χ3v) is 5.48. The first-order chi connectivity index (χ1) is 14.6. The molecule has 152 valence electrons. The molecular formula is C23H17ClFNO4. The molecule has 2 atom stereocenters. The summed E-state index contributed by atoms with van der Waals surface area (Å²) < 4.78 is 30.2. The predicted molar refractivity (Wildman–Crippen MR) is 108 cm³/mol. The Labute approximate surface area is 177 Å². The van der Waals surface area contributed by atoms with Gasteiger partial charge in [-0.25, -0.2) is 4.39 Å². The van der Waals surface area contributed by atoms with E-state index in [1.54, 1.807) is 41.3 Å². The molecule has 0 saturated carbocycles. The van der Waals surface area contributed by atoms with Crippen LogP contribution in [-0.4, -0.2) is 23.7 Å². The molecule has 1 fully saturated rings. The normalized spacial score (nSPS) is 19.5. The second-order valence-corrected chi connectivity index (χ2v) is 7.58. The Morgan fingerprint density at radius 3 is 2.50 bits per heavy atom. The van der Waals surface area contributed by atoms with Crippen molar-refractivity contribution in [3.05, 3.63) is 88.7 Å².